The Morgan fingerprint density at radius 2 is 1.88 bits per heavy atom. The molecule has 0 saturated carbocycles. The van der Waals surface area contributed by atoms with Crippen molar-refractivity contribution in [2.75, 3.05) is 26.3 Å². The number of rotatable bonds is 5. The molecule has 32 heavy (non-hydrogen) atoms. The van der Waals surface area contributed by atoms with Gasteiger partial charge in [0.2, 0.25) is 5.91 Å². The Bertz CT molecular complexity index is 991. The number of hydrogen-bond donors (Lipinski definition) is 0. The van der Waals surface area contributed by atoms with Crippen molar-refractivity contribution in [3.63, 3.8) is 0 Å². The van der Waals surface area contributed by atoms with E-state index in [0.29, 0.717) is 37.6 Å². The lowest BCUT2D eigenvalue weighted by atomic mass is 9.93. The van der Waals surface area contributed by atoms with Crippen LogP contribution in [0.1, 0.15) is 44.4 Å². The third kappa shape index (κ3) is 4.61. The Morgan fingerprint density at radius 3 is 2.53 bits per heavy atom. The van der Waals surface area contributed by atoms with Gasteiger partial charge in [-0.3, -0.25) is 4.79 Å². The Morgan fingerprint density at radius 1 is 1.19 bits per heavy atom. The summed E-state index contributed by atoms with van der Waals surface area (Å²) < 4.78 is 11.0. The SMILES string of the molecule is CC1=C(C(=O)OC(C)C)C(c2ccc(C)cc2)N2C(CC(=O)N3CCOCC3)=CSC2=N1. The lowest BCUT2D eigenvalue weighted by Crippen LogP contribution is -2.42. The zero-order valence-electron chi connectivity index (χ0n) is 19.0. The first-order valence-corrected chi connectivity index (χ1v) is 11.8. The van der Waals surface area contributed by atoms with Crippen molar-refractivity contribution in [3.8, 4) is 0 Å². The van der Waals surface area contributed by atoms with Crippen molar-refractivity contribution >= 4 is 28.8 Å². The molecule has 1 unspecified atom stereocenters. The van der Waals surface area contributed by atoms with Gasteiger partial charge >= 0.3 is 5.97 Å². The number of thioether (sulfide) groups is 1. The molecule has 3 heterocycles. The van der Waals surface area contributed by atoms with E-state index in [1.807, 2.05) is 67.2 Å². The van der Waals surface area contributed by atoms with Gasteiger partial charge in [-0.05, 0) is 38.7 Å². The van der Waals surface area contributed by atoms with Crippen LogP contribution in [0.15, 0.2) is 51.6 Å². The molecule has 0 N–H and O–H groups in total. The van der Waals surface area contributed by atoms with E-state index in [1.165, 1.54) is 11.8 Å². The molecule has 8 heteroatoms. The molecule has 1 saturated heterocycles. The topological polar surface area (TPSA) is 71.4 Å². The number of ether oxygens (including phenoxy) is 2. The number of fused-ring (bicyclic) bond motifs is 1. The van der Waals surface area contributed by atoms with Crippen LogP contribution in [-0.4, -0.2) is 59.3 Å². The molecular formula is C24H29N3O4S. The summed E-state index contributed by atoms with van der Waals surface area (Å²) in [6.07, 6.45) is 0.0117. The average molecular weight is 456 g/mol. The van der Waals surface area contributed by atoms with Crippen LogP contribution in [-0.2, 0) is 19.1 Å². The summed E-state index contributed by atoms with van der Waals surface area (Å²) in [6, 6.07) is 7.74. The molecule has 0 aromatic heterocycles. The van der Waals surface area contributed by atoms with Gasteiger partial charge in [-0.25, -0.2) is 9.79 Å². The van der Waals surface area contributed by atoms with Crippen LogP contribution < -0.4 is 0 Å². The number of allylic oxidation sites excluding steroid dienone is 1. The molecule has 0 aliphatic carbocycles. The Balaban J connectivity index is 1.69. The van der Waals surface area contributed by atoms with Crippen LogP contribution in [0.2, 0.25) is 0 Å². The lowest BCUT2D eigenvalue weighted by Gasteiger charge is -2.37. The molecule has 1 fully saturated rings. The van der Waals surface area contributed by atoms with Gasteiger partial charge in [-0.15, -0.1) is 0 Å². The van der Waals surface area contributed by atoms with Crippen LogP contribution in [0, 0.1) is 6.92 Å². The van der Waals surface area contributed by atoms with Gasteiger partial charge < -0.3 is 19.3 Å². The Kier molecular flexibility index (Phi) is 6.71. The Hall–Kier alpha value is -2.58. The number of hydrogen-bond acceptors (Lipinski definition) is 7. The number of amidine groups is 1. The molecule has 1 amide bonds. The van der Waals surface area contributed by atoms with Crippen molar-refractivity contribution in [1.82, 2.24) is 9.80 Å². The molecule has 1 aromatic rings. The predicted octanol–water partition coefficient (Wildman–Crippen LogP) is 3.77. The molecule has 170 valence electrons. The normalized spacial score (nSPS) is 20.8. The molecule has 3 aliphatic rings. The monoisotopic (exact) mass is 455 g/mol. The number of carbonyl (C=O) groups excluding carboxylic acids is 2. The number of aryl methyl sites for hydroxylation is 1. The fourth-order valence-corrected chi connectivity index (χ4v) is 5.02. The van der Waals surface area contributed by atoms with Crippen LogP contribution >= 0.6 is 11.8 Å². The predicted molar refractivity (Wildman–Crippen MR) is 125 cm³/mol. The minimum absolute atomic E-state index is 0.0571. The number of benzene rings is 1. The van der Waals surface area contributed by atoms with Crippen molar-refractivity contribution in [2.24, 2.45) is 4.99 Å². The molecule has 0 radical (unpaired) electrons. The third-order valence-corrected chi connectivity index (χ3v) is 6.54. The quantitative estimate of drug-likeness (QED) is 0.630. The van der Waals surface area contributed by atoms with Crippen molar-refractivity contribution in [2.45, 2.75) is 46.3 Å². The highest BCUT2D eigenvalue weighted by Crippen LogP contribution is 2.45. The second kappa shape index (κ2) is 9.50. The van der Waals surface area contributed by atoms with Gasteiger partial charge in [-0.2, -0.15) is 0 Å². The average Bonchev–Trinajstić information content (AvgIpc) is 3.15. The minimum Gasteiger partial charge on any atom is -0.459 e. The van der Waals surface area contributed by atoms with Crippen LogP contribution in [0.5, 0.6) is 0 Å². The number of morpholine rings is 1. The standard InChI is InChI=1S/C24H29N3O4S/c1-15(2)31-23(29)21-17(4)25-24-27(22(21)18-7-5-16(3)6-8-18)19(14-32-24)13-20(28)26-9-11-30-12-10-26/h5-8,14-15,22H,9-13H2,1-4H3. The van der Waals surface area contributed by atoms with E-state index in [9.17, 15) is 9.59 Å². The fourth-order valence-electron chi connectivity index (χ4n) is 4.05. The molecule has 1 atom stereocenters. The molecule has 7 nitrogen and oxygen atoms in total. The first-order valence-electron chi connectivity index (χ1n) is 10.9. The van der Waals surface area contributed by atoms with Crippen molar-refractivity contribution < 1.29 is 19.1 Å². The highest BCUT2D eigenvalue weighted by molar-refractivity contribution is 8.16. The second-order valence-corrected chi connectivity index (χ2v) is 9.26. The number of carbonyl (C=O) groups is 2. The van der Waals surface area contributed by atoms with E-state index in [4.69, 9.17) is 14.5 Å². The first-order chi connectivity index (χ1) is 15.3. The largest absolute Gasteiger partial charge is 0.459 e. The third-order valence-electron chi connectivity index (χ3n) is 5.65. The summed E-state index contributed by atoms with van der Waals surface area (Å²) in [5.41, 5.74) is 4.11. The molecule has 4 rings (SSSR count). The maximum Gasteiger partial charge on any atom is 0.338 e. The summed E-state index contributed by atoms with van der Waals surface area (Å²) in [5.74, 6) is -0.316. The van der Waals surface area contributed by atoms with E-state index in [1.54, 1.807) is 0 Å². The maximum atomic E-state index is 13.1. The van der Waals surface area contributed by atoms with Gasteiger partial charge in [0.25, 0.3) is 0 Å². The minimum atomic E-state index is -0.395. The highest BCUT2D eigenvalue weighted by Gasteiger charge is 2.41. The van der Waals surface area contributed by atoms with Gasteiger partial charge in [0.05, 0.1) is 43.1 Å². The molecule has 1 aromatic carbocycles. The second-order valence-electron chi connectivity index (χ2n) is 8.43. The van der Waals surface area contributed by atoms with E-state index in [-0.39, 0.29) is 24.4 Å². The summed E-state index contributed by atoms with van der Waals surface area (Å²) in [6.45, 7) is 9.89. The van der Waals surface area contributed by atoms with Crippen LogP contribution in [0.4, 0.5) is 0 Å². The van der Waals surface area contributed by atoms with Crippen LogP contribution in [0.3, 0.4) is 0 Å². The number of nitrogens with zero attached hydrogens (tertiary/aromatic N) is 3. The van der Waals surface area contributed by atoms with Gasteiger partial charge in [0.15, 0.2) is 5.17 Å². The van der Waals surface area contributed by atoms with Crippen LogP contribution in [0.25, 0.3) is 0 Å². The van der Waals surface area contributed by atoms with E-state index < -0.39 is 6.04 Å². The van der Waals surface area contributed by atoms with Crippen molar-refractivity contribution in [3.05, 3.63) is 57.8 Å². The number of esters is 1. The zero-order valence-corrected chi connectivity index (χ0v) is 19.8. The summed E-state index contributed by atoms with van der Waals surface area (Å²) in [4.78, 5) is 34.7. The Labute approximate surface area is 193 Å². The van der Waals surface area contributed by atoms with Gasteiger partial charge in [0, 0.05) is 18.8 Å². The molecule has 3 aliphatic heterocycles. The maximum absolute atomic E-state index is 13.1. The van der Waals surface area contributed by atoms with E-state index >= 15 is 0 Å². The summed E-state index contributed by atoms with van der Waals surface area (Å²) in [5, 5.41) is 2.75. The molecule has 0 bridgehead atoms. The number of aliphatic imine (C=N–C) groups is 1. The van der Waals surface area contributed by atoms with Crippen molar-refractivity contribution in [1.29, 1.82) is 0 Å². The molecule has 0 spiro atoms. The molecular weight excluding hydrogens is 426 g/mol. The fraction of sp³-hybridized carbons (Fsp3) is 0.458. The van der Waals surface area contributed by atoms with Gasteiger partial charge in [0.1, 0.15) is 0 Å². The van der Waals surface area contributed by atoms with E-state index in [0.717, 1.165) is 22.0 Å². The van der Waals surface area contributed by atoms with E-state index in [2.05, 4.69) is 0 Å². The summed E-state index contributed by atoms with van der Waals surface area (Å²) >= 11 is 1.49. The van der Waals surface area contributed by atoms with Gasteiger partial charge in [-0.1, -0.05) is 41.6 Å². The number of amides is 1. The first kappa shape index (κ1) is 22.6. The zero-order chi connectivity index (χ0) is 22.8. The summed E-state index contributed by atoms with van der Waals surface area (Å²) in [7, 11) is 0. The highest BCUT2D eigenvalue weighted by atomic mass is 32.2. The lowest BCUT2D eigenvalue weighted by molar-refractivity contribution is -0.143. The smallest absolute Gasteiger partial charge is 0.338 e.